The minimum atomic E-state index is -0.351. The average Bonchev–Trinajstić information content (AvgIpc) is 3.05. The van der Waals surface area contributed by atoms with Gasteiger partial charge in [-0.1, -0.05) is 0 Å². The molecule has 0 aliphatic heterocycles. The zero-order valence-corrected chi connectivity index (χ0v) is 9.69. The van der Waals surface area contributed by atoms with Gasteiger partial charge >= 0.3 is 0 Å². The quantitative estimate of drug-likeness (QED) is 0.649. The summed E-state index contributed by atoms with van der Waals surface area (Å²) in [5.74, 6) is 0.816. The van der Waals surface area contributed by atoms with Crippen molar-refractivity contribution in [3.63, 3.8) is 0 Å². The first-order valence-electron chi connectivity index (χ1n) is 5.91. The summed E-state index contributed by atoms with van der Waals surface area (Å²) in [5.41, 5.74) is 3.51. The molecule has 1 aromatic heterocycles. The second-order valence-electron chi connectivity index (χ2n) is 4.86. The summed E-state index contributed by atoms with van der Waals surface area (Å²) in [6.07, 6.45) is 3.71. The molecule has 1 heterocycles. The zero-order chi connectivity index (χ0) is 12.0. The van der Waals surface area contributed by atoms with Gasteiger partial charge < -0.3 is 4.98 Å². The minimum absolute atomic E-state index is 0.150. The molecule has 88 valence electrons. The van der Waals surface area contributed by atoms with E-state index in [4.69, 9.17) is 0 Å². The Balaban J connectivity index is 2.07. The first kappa shape index (κ1) is 10.3. The molecule has 1 N–H and O–H groups in total. The van der Waals surface area contributed by atoms with Crippen LogP contribution < -0.4 is 0 Å². The molecular formula is C13H14N2O2. The molecule has 0 spiro atoms. The number of nitro benzene ring substituents is 1. The molecule has 3 rings (SSSR count). The molecule has 0 radical (unpaired) electrons. The molecule has 1 saturated carbocycles. The molecule has 0 saturated heterocycles. The van der Waals surface area contributed by atoms with Crippen LogP contribution in [0.4, 0.5) is 5.69 Å². The third-order valence-electron chi connectivity index (χ3n) is 3.55. The van der Waals surface area contributed by atoms with Gasteiger partial charge in [-0.25, -0.2) is 0 Å². The number of benzene rings is 1. The van der Waals surface area contributed by atoms with E-state index in [1.807, 2.05) is 6.07 Å². The number of aryl methyl sites for hydroxylation is 1. The summed E-state index contributed by atoms with van der Waals surface area (Å²) >= 11 is 0. The standard InChI is InChI=1S/C13H14N2O2/c1-8-11-5-4-10(15(16)17)7-13(11)14-12(8)6-9-2-3-9/h4-5,7,9,14H,2-3,6H2,1H3. The van der Waals surface area contributed by atoms with Crippen LogP contribution >= 0.6 is 0 Å². The first-order valence-corrected chi connectivity index (χ1v) is 5.91. The molecule has 2 aromatic rings. The lowest BCUT2D eigenvalue weighted by molar-refractivity contribution is -0.384. The summed E-state index contributed by atoms with van der Waals surface area (Å²) in [7, 11) is 0. The van der Waals surface area contributed by atoms with E-state index in [1.54, 1.807) is 12.1 Å². The number of rotatable bonds is 3. The number of nitrogens with one attached hydrogen (secondary N) is 1. The Bertz CT molecular complexity index is 597. The topological polar surface area (TPSA) is 58.9 Å². The monoisotopic (exact) mass is 230 g/mol. The van der Waals surface area contributed by atoms with Crippen molar-refractivity contribution in [3.8, 4) is 0 Å². The van der Waals surface area contributed by atoms with Gasteiger partial charge in [-0.15, -0.1) is 0 Å². The van der Waals surface area contributed by atoms with Crippen LogP contribution in [0.2, 0.25) is 0 Å². The van der Waals surface area contributed by atoms with Crippen molar-refractivity contribution < 1.29 is 4.92 Å². The molecular weight excluding hydrogens is 216 g/mol. The third-order valence-corrected chi connectivity index (χ3v) is 3.55. The van der Waals surface area contributed by atoms with Crippen LogP contribution in [0, 0.1) is 23.0 Å². The van der Waals surface area contributed by atoms with E-state index in [0.29, 0.717) is 0 Å². The Morgan fingerprint density at radius 3 is 2.88 bits per heavy atom. The summed E-state index contributed by atoms with van der Waals surface area (Å²) in [6, 6.07) is 5.04. The molecule has 0 atom stereocenters. The number of aromatic amines is 1. The number of nitrogens with zero attached hydrogens (tertiary/aromatic N) is 1. The highest BCUT2D eigenvalue weighted by Gasteiger charge is 2.23. The van der Waals surface area contributed by atoms with Gasteiger partial charge in [-0.05, 0) is 43.7 Å². The number of hydrogen-bond donors (Lipinski definition) is 1. The number of fused-ring (bicyclic) bond motifs is 1. The van der Waals surface area contributed by atoms with Crippen molar-refractivity contribution in [1.29, 1.82) is 0 Å². The van der Waals surface area contributed by atoms with Crippen LogP contribution in [-0.2, 0) is 6.42 Å². The van der Waals surface area contributed by atoms with Crippen molar-refractivity contribution in [2.24, 2.45) is 5.92 Å². The SMILES string of the molecule is Cc1c(CC2CC2)[nH]c2cc([N+](=O)[O-])ccc12. The molecule has 0 bridgehead atoms. The number of nitro groups is 1. The number of H-pyrrole nitrogens is 1. The van der Waals surface area contributed by atoms with E-state index in [-0.39, 0.29) is 10.6 Å². The smallest absolute Gasteiger partial charge is 0.271 e. The lowest BCUT2D eigenvalue weighted by Gasteiger charge is -1.96. The van der Waals surface area contributed by atoms with Crippen LogP contribution in [0.15, 0.2) is 18.2 Å². The molecule has 1 aliphatic carbocycles. The summed E-state index contributed by atoms with van der Waals surface area (Å²) in [4.78, 5) is 13.7. The van der Waals surface area contributed by atoms with E-state index in [2.05, 4.69) is 11.9 Å². The lowest BCUT2D eigenvalue weighted by Crippen LogP contribution is -1.89. The second-order valence-corrected chi connectivity index (χ2v) is 4.86. The van der Waals surface area contributed by atoms with E-state index >= 15 is 0 Å². The van der Waals surface area contributed by atoms with Gasteiger partial charge in [0.15, 0.2) is 0 Å². The Morgan fingerprint density at radius 2 is 2.24 bits per heavy atom. The summed E-state index contributed by atoms with van der Waals surface area (Å²) in [5, 5.41) is 11.8. The number of hydrogen-bond acceptors (Lipinski definition) is 2. The molecule has 17 heavy (non-hydrogen) atoms. The molecule has 4 heteroatoms. The normalized spacial score (nSPS) is 15.4. The van der Waals surface area contributed by atoms with Gasteiger partial charge in [0, 0.05) is 23.2 Å². The van der Waals surface area contributed by atoms with E-state index in [1.165, 1.54) is 24.1 Å². The number of non-ortho nitro benzene ring substituents is 1. The Morgan fingerprint density at radius 1 is 1.47 bits per heavy atom. The van der Waals surface area contributed by atoms with Crippen molar-refractivity contribution in [3.05, 3.63) is 39.6 Å². The molecule has 4 nitrogen and oxygen atoms in total. The van der Waals surface area contributed by atoms with Crippen molar-refractivity contribution in [1.82, 2.24) is 4.98 Å². The van der Waals surface area contributed by atoms with Gasteiger partial charge in [0.05, 0.1) is 10.4 Å². The first-order chi connectivity index (χ1) is 8.15. The highest BCUT2D eigenvalue weighted by molar-refractivity contribution is 5.86. The van der Waals surface area contributed by atoms with Gasteiger partial charge in [-0.2, -0.15) is 0 Å². The highest BCUT2D eigenvalue weighted by atomic mass is 16.6. The fourth-order valence-corrected chi connectivity index (χ4v) is 2.31. The van der Waals surface area contributed by atoms with Crippen molar-refractivity contribution in [2.75, 3.05) is 0 Å². The minimum Gasteiger partial charge on any atom is -0.358 e. The van der Waals surface area contributed by atoms with Crippen LogP contribution in [0.3, 0.4) is 0 Å². The Kier molecular flexibility index (Phi) is 2.18. The third kappa shape index (κ3) is 1.79. The molecule has 1 aromatic carbocycles. The number of aromatic nitrogens is 1. The van der Waals surface area contributed by atoms with E-state index in [0.717, 1.165) is 23.2 Å². The highest BCUT2D eigenvalue weighted by Crippen LogP contribution is 2.35. The maximum Gasteiger partial charge on any atom is 0.271 e. The maximum absolute atomic E-state index is 10.7. The molecule has 0 unspecified atom stereocenters. The zero-order valence-electron chi connectivity index (χ0n) is 9.69. The predicted molar refractivity (Wildman–Crippen MR) is 66.1 cm³/mol. The molecule has 1 fully saturated rings. The second kappa shape index (κ2) is 3.58. The average molecular weight is 230 g/mol. The van der Waals surface area contributed by atoms with Gasteiger partial charge in [0.25, 0.3) is 5.69 Å². The van der Waals surface area contributed by atoms with Crippen LogP contribution in [0.25, 0.3) is 10.9 Å². The van der Waals surface area contributed by atoms with Crippen LogP contribution in [0.1, 0.15) is 24.1 Å². The lowest BCUT2D eigenvalue weighted by atomic mass is 10.1. The van der Waals surface area contributed by atoms with Crippen molar-refractivity contribution >= 4 is 16.6 Å². The predicted octanol–water partition coefficient (Wildman–Crippen LogP) is 3.34. The van der Waals surface area contributed by atoms with Crippen LogP contribution in [0.5, 0.6) is 0 Å². The van der Waals surface area contributed by atoms with Crippen molar-refractivity contribution in [2.45, 2.75) is 26.2 Å². The Hall–Kier alpha value is -1.84. The molecule has 1 aliphatic rings. The Labute approximate surface area is 98.8 Å². The van der Waals surface area contributed by atoms with E-state index < -0.39 is 0 Å². The maximum atomic E-state index is 10.7. The summed E-state index contributed by atoms with van der Waals surface area (Å²) in [6.45, 7) is 2.09. The van der Waals surface area contributed by atoms with Gasteiger partial charge in [-0.3, -0.25) is 10.1 Å². The van der Waals surface area contributed by atoms with Gasteiger partial charge in [0.2, 0.25) is 0 Å². The fourth-order valence-electron chi connectivity index (χ4n) is 2.31. The molecule has 0 amide bonds. The van der Waals surface area contributed by atoms with Gasteiger partial charge in [0.1, 0.15) is 0 Å². The van der Waals surface area contributed by atoms with Crippen LogP contribution in [-0.4, -0.2) is 9.91 Å². The summed E-state index contributed by atoms with van der Waals surface area (Å²) < 4.78 is 0. The largest absolute Gasteiger partial charge is 0.358 e. The fraction of sp³-hybridized carbons (Fsp3) is 0.385. The van der Waals surface area contributed by atoms with E-state index in [9.17, 15) is 10.1 Å².